The Morgan fingerprint density at radius 1 is 1.37 bits per heavy atom. The van der Waals surface area contributed by atoms with Gasteiger partial charge in [-0.15, -0.1) is 0 Å². The summed E-state index contributed by atoms with van der Waals surface area (Å²) in [5, 5.41) is 12.7. The van der Waals surface area contributed by atoms with E-state index in [0.29, 0.717) is 28.8 Å². The van der Waals surface area contributed by atoms with Gasteiger partial charge in [0.25, 0.3) is 0 Å². The van der Waals surface area contributed by atoms with Crippen LogP contribution < -0.4 is 5.32 Å². The van der Waals surface area contributed by atoms with Gasteiger partial charge in [-0.05, 0) is 18.6 Å². The molecular formula is C14H13ClN4. The van der Waals surface area contributed by atoms with Crippen molar-refractivity contribution in [1.29, 1.82) is 5.26 Å². The van der Waals surface area contributed by atoms with E-state index in [1.807, 2.05) is 32.0 Å². The maximum Gasteiger partial charge on any atom is 0.135 e. The molecule has 4 nitrogen and oxygen atoms in total. The molecule has 0 bridgehead atoms. The molecule has 1 aromatic carbocycles. The van der Waals surface area contributed by atoms with Crippen molar-refractivity contribution in [3.8, 4) is 6.07 Å². The van der Waals surface area contributed by atoms with Crippen molar-refractivity contribution in [3.05, 3.63) is 46.4 Å². The molecule has 0 aliphatic carbocycles. The molecule has 1 heterocycles. The molecule has 2 rings (SSSR count). The first-order valence-corrected chi connectivity index (χ1v) is 6.32. The van der Waals surface area contributed by atoms with Crippen LogP contribution in [-0.4, -0.2) is 9.97 Å². The number of nitrogens with one attached hydrogen (secondary N) is 1. The number of nitrogens with zero attached hydrogens (tertiary/aromatic N) is 3. The zero-order valence-corrected chi connectivity index (χ0v) is 11.5. The number of hydrogen-bond donors (Lipinski definition) is 1. The summed E-state index contributed by atoms with van der Waals surface area (Å²) in [6.07, 6.45) is 0.703. The number of halogens is 1. The van der Waals surface area contributed by atoms with Crippen molar-refractivity contribution < 1.29 is 0 Å². The summed E-state index contributed by atoms with van der Waals surface area (Å²) in [7, 11) is 0. The lowest BCUT2D eigenvalue weighted by Gasteiger charge is -2.10. The molecule has 0 amide bonds. The quantitative estimate of drug-likeness (QED) is 0.867. The minimum atomic E-state index is 0.389. The van der Waals surface area contributed by atoms with Gasteiger partial charge < -0.3 is 5.32 Å². The maximum atomic E-state index is 9.18. The van der Waals surface area contributed by atoms with E-state index < -0.39 is 0 Å². The SMILES string of the molecule is CCc1nc(Cl)cc(Nc2cccc(C)c2C#N)n1. The smallest absolute Gasteiger partial charge is 0.135 e. The van der Waals surface area contributed by atoms with Gasteiger partial charge in [-0.2, -0.15) is 5.26 Å². The van der Waals surface area contributed by atoms with E-state index in [9.17, 15) is 5.26 Å². The van der Waals surface area contributed by atoms with Gasteiger partial charge >= 0.3 is 0 Å². The van der Waals surface area contributed by atoms with Crippen LogP contribution in [0.15, 0.2) is 24.3 Å². The highest BCUT2D eigenvalue weighted by atomic mass is 35.5. The number of nitriles is 1. The van der Waals surface area contributed by atoms with E-state index in [2.05, 4.69) is 21.4 Å². The maximum absolute atomic E-state index is 9.18. The van der Waals surface area contributed by atoms with Crippen LogP contribution in [-0.2, 0) is 6.42 Å². The predicted octanol–water partition coefficient (Wildman–Crippen LogP) is 3.62. The van der Waals surface area contributed by atoms with E-state index in [1.54, 1.807) is 6.07 Å². The summed E-state index contributed by atoms with van der Waals surface area (Å²) in [6.45, 7) is 3.86. The van der Waals surface area contributed by atoms with E-state index in [1.165, 1.54) is 0 Å². The molecule has 5 heteroatoms. The fourth-order valence-electron chi connectivity index (χ4n) is 1.75. The lowest BCUT2D eigenvalue weighted by atomic mass is 10.1. The second kappa shape index (κ2) is 5.68. The zero-order chi connectivity index (χ0) is 13.8. The van der Waals surface area contributed by atoms with Crippen molar-refractivity contribution in [1.82, 2.24) is 9.97 Å². The van der Waals surface area contributed by atoms with Crippen LogP contribution >= 0.6 is 11.6 Å². The Morgan fingerprint density at radius 2 is 2.16 bits per heavy atom. The number of rotatable bonds is 3. The molecule has 0 radical (unpaired) electrons. The summed E-state index contributed by atoms with van der Waals surface area (Å²) in [4.78, 5) is 8.44. The average molecular weight is 273 g/mol. The Morgan fingerprint density at radius 3 is 2.84 bits per heavy atom. The molecule has 0 saturated carbocycles. The van der Waals surface area contributed by atoms with Gasteiger partial charge in [-0.1, -0.05) is 30.7 Å². The summed E-state index contributed by atoms with van der Waals surface area (Å²) in [5.74, 6) is 1.26. The minimum Gasteiger partial charge on any atom is -0.339 e. The first kappa shape index (κ1) is 13.3. The number of aromatic nitrogens is 2. The van der Waals surface area contributed by atoms with Crippen LogP contribution in [0.1, 0.15) is 23.9 Å². The van der Waals surface area contributed by atoms with Crippen molar-refractivity contribution >= 4 is 23.1 Å². The monoisotopic (exact) mass is 272 g/mol. The first-order chi connectivity index (χ1) is 9.13. The third kappa shape index (κ3) is 3.01. The lowest BCUT2D eigenvalue weighted by molar-refractivity contribution is 0.943. The Kier molecular flexibility index (Phi) is 3.98. The van der Waals surface area contributed by atoms with Crippen LogP contribution in [0.4, 0.5) is 11.5 Å². The lowest BCUT2D eigenvalue weighted by Crippen LogP contribution is -2.01. The van der Waals surface area contributed by atoms with Crippen molar-refractivity contribution in [2.75, 3.05) is 5.32 Å². The van der Waals surface area contributed by atoms with Gasteiger partial charge in [0.05, 0.1) is 11.3 Å². The van der Waals surface area contributed by atoms with Gasteiger partial charge in [0, 0.05) is 12.5 Å². The van der Waals surface area contributed by atoms with Gasteiger partial charge in [-0.3, -0.25) is 0 Å². The highest BCUT2D eigenvalue weighted by Crippen LogP contribution is 2.23. The summed E-state index contributed by atoms with van der Waals surface area (Å²) >= 11 is 5.94. The van der Waals surface area contributed by atoms with Crippen LogP contribution in [0, 0.1) is 18.3 Å². The van der Waals surface area contributed by atoms with E-state index in [0.717, 1.165) is 11.3 Å². The molecular weight excluding hydrogens is 260 g/mol. The molecule has 0 aliphatic rings. The van der Waals surface area contributed by atoms with Crippen molar-refractivity contribution in [2.24, 2.45) is 0 Å². The largest absolute Gasteiger partial charge is 0.339 e. The van der Waals surface area contributed by atoms with Gasteiger partial charge in [0.15, 0.2) is 0 Å². The van der Waals surface area contributed by atoms with E-state index in [4.69, 9.17) is 11.6 Å². The molecule has 1 N–H and O–H groups in total. The first-order valence-electron chi connectivity index (χ1n) is 5.94. The van der Waals surface area contributed by atoms with Crippen LogP contribution in [0.3, 0.4) is 0 Å². The van der Waals surface area contributed by atoms with Crippen molar-refractivity contribution in [3.63, 3.8) is 0 Å². The van der Waals surface area contributed by atoms with Crippen molar-refractivity contribution in [2.45, 2.75) is 20.3 Å². The third-order valence-electron chi connectivity index (χ3n) is 2.70. The Balaban J connectivity index is 2.39. The summed E-state index contributed by atoms with van der Waals surface area (Å²) in [6, 6.07) is 9.46. The summed E-state index contributed by atoms with van der Waals surface area (Å²) < 4.78 is 0. The van der Waals surface area contributed by atoms with Crippen LogP contribution in [0.25, 0.3) is 0 Å². The summed E-state index contributed by atoms with van der Waals surface area (Å²) in [5.41, 5.74) is 2.25. The molecule has 0 atom stereocenters. The van der Waals surface area contributed by atoms with Gasteiger partial charge in [0.1, 0.15) is 22.9 Å². The molecule has 1 aromatic heterocycles. The topological polar surface area (TPSA) is 61.6 Å². The second-order valence-electron chi connectivity index (χ2n) is 4.08. The normalized spacial score (nSPS) is 10.0. The minimum absolute atomic E-state index is 0.389. The Hall–Kier alpha value is -2.12. The van der Waals surface area contributed by atoms with Gasteiger partial charge in [0.2, 0.25) is 0 Å². The number of benzene rings is 1. The highest BCUT2D eigenvalue weighted by Gasteiger charge is 2.07. The molecule has 96 valence electrons. The highest BCUT2D eigenvalue weighted by molar-refractivity contribution is 6.29. The molecule has 19 heavy (non-hydrogen) atoms. The third-order valence-corrected chi connectivity index (χ3v) is 2.90. The molecule has 0 unspecified atom stereocenters. The fraction of sp³-hybridized carbons (Fsp3) is 0.214. The van der Waals surface area contributed by atoms with Gasteiger partial charge in [-0.25, -0.2) is 9.97 Å². The Labute approximate surface area is 117 Å². The fourth-order valence-corrected chi connectivity index (χ4v) is 1.95. The van der Waals surface area contributed by atoms with Crippen LogP contribution in [0.5, 0.6) is 0 Å². The number of anilines is 2. The van der Waals surface area contributed by atoms with E-state index >= 15 is 0 Å². The number of aryl methyl sites for hydroxylation is 2. The molecule has 2 aromatic rings. The number of hydrogen-bond acceptors (Lipinski definition) is 4. The van der Waals surface area contributed by atoms with E-state index in [-0.39, 0.29) is 0 Å². The molecule has 0 aliphatic heterocycles. The standard InChI is InChI=1S/C14H13ClN4/c1-3-13-18-12(15)7-14(19-13)17-11-6-4-5-9(2)10(11)8-16/h4-7H,3H2,1-2H3,(H,17,18,19). The Bertz CT molecular complexity index is 646. The molecule has 0 spiro atoms. The molecule has 0 fully saturated rings. The molecule has 0 saturated heterocycles. The van der Waals surface area contributed by atoms with Crippen LogP contribution in [0.2, 0.25) is 5.15 Å². The zero-order valence-electron chi connectivity index (χ0n) is 10.7. The predicted molar refractivity (Wildman–Crippen MR) is 75.6 cm³/mol. The average Bonchev–Trinajstić information content (AvgIpc) is 2.38. The second-order valence-corrected chi connectivity index (χ2v) is 4.47.